The normalized spacial score (nSPS) is 27.5. The first-order valence-electron chi connectivity index (χ1n) is 5.19. The van der Waals surface area contributed by atoms with Gasteiger partial charge in [-0.25, -0.2) is 0 Å². The standard InChI is InChI=1S/C10H22N2O/c1-9(8-13-2)6-12-5-3-4-10(11)7-12/h9-10H,3-8,11H2,1-2H3/t9-,10-/m1/s1. The van der Waals surface area contributed by atoms with E-state index in [0.29, 0.717) is 12.0 Å². The van der Waals surface area contributed by atoms with Gasteiger partial charge in [-0.3, -0.25) is 0 Å². The average molecular weight is 186 g/mol. The molecule has 1 aliphatic heterocycles. The van der Waals surface area contributed by atoms with E-state index in [9.17, 15) is 0 Å². The summed E-state index contributed by atoms with van der Waals surface area (Å²) >= 11 is 0. The molecule has 0 amide bonds. The fourth-order valence-corrected chi connectivity index (χ4v) is 2.04. The molecule has 0 bridgehead atoms. The van der Waals surface area contributed by atoms with Gasteiger partial charge >= 0.3 is 0 Å². The number of nitrogens with zero attached hydrogens (tertiary/aromatic N) is 1. The van der Waals surface area contributed by atoms with Crippen molar-refractivity contribution in [3.63, 3.8) is 0 Å². The van der Waals surface area contributed by atoms with Crippen LogP contribution in [0, 0.1) is 5.92 Å². The molecule has 1 rings (SSSR count). The summed E-state index contributed by atoms with van der Waals surface area (Å²) in [5.74, 6) is 0.621. The SMILES string of the molecule is COC[C@H](C)CN1CCC[C@@H](N)C1. The molecule has 1 saturated heterocycles. The minimum atomic E-state index is 0.392. The number of hydrogen-bond acceptors (Lipinski definition) is 3. The van der Waals surface area contributed by atoms with Gasteiger partial charge in [0, 0.05) is 32.8 Å². The minimum Gasteiger partial charge on any atom is -0.384 e. The lowest BCUT2D eigenvalue weighted by Gasteiger charge is -2.32. The minimum absolute atomic E-state index is 0.392. The number of ether oxygens (including phenoxy) is 1. The van der Waals surface area contributed by atoms with Gasteiger partial charge in [-0.15, -0.1) is 0 Å². The van der Waals surface area contributed by atoms with E-state index in [1.807, 2.05) is 0 Å². The second-order valence-corrected chi connectivity index (χ2v) is 4.22. The van der Waals surface area contributed by atoms with Crippen molar-refractivity contribution in [2.24, 2.45) is 11.7 Å². The molecular formula is C10H22N2O. The molecule has 1 heterocycles. The van der Waals surface area contributed by atoms with Crippen LogP contribution in [0.4, 0.5) is 0 Å². The Labute approximate surface area is 81.2 Å². The maximum atomic E-state index is 5.90. The number of rotatable bonds is 4. The first kappa shape index (κ1) is 11.0. The zero-order valence-corrected chi connectivity index (χ0v) is 8.83. The van der Waals surface area contributed by atoms with Crippen molar-refractivity contribution in [1.82, 2.24) is 4.90 Å². The molecule has 2 N–H and O–H groups in total. The fraction of sp³-hybridized carbons (Fsp3) is 1.00. The van der Waals surface area contributed by atoms with Crippen molar-refractivity contribution in [2.45, 2.75) is 25.8 Å². The van der Waals surface area contributed by atoms with E-state index in [4.69, 9.17) is 10.5 Å². The second kappa shape index (κ2) is 5.58. The van der Waals surface area contributed by atoms with Crippen LogP contribution in [0.2, 0.25) is 0 Å². The van der Waals surface area contributed by atoms with Gasteiger partial charge in [0.1, 0.15) is 0 Å². The second-order valence-electron chi connectivity index (χ2n) is 4.22. The summed E-state index contributed by atoms with van der Waals surface area (Å²) in [5.41, 5.74) is 5.90. The summed E-state index contributed by atoms with van der Waals surface area (Å²) in [6.45, 7) is 6.48. The number of methoxy groups -OCH3 is 1. The molecule has 0 radical (unpaired) electrons. The topological polar surface area (TPSA) is 38.5 Å². The van der Waals surface area contributed by atoms with Gasteiger partial charge in [-0.1, -0.05) is 6.92 Å². The third-order valence-electron chi connectivity index (χ3n) is 2.56. The Morgan fingerprint density at radius 3 is 3.00 bits per heavy atom. The van der Waals surface area contributed by atoms with Crippen LogP contribution >= 0.6 is 0 Å². The van der Waals surface area contributed by atoms with E-state index in [1.165, 1.54) is 19.4 Å². The first-order chi connectivity index (χ1) is 6.22. The molecule has 3 nitrogen and oxygen atoms in total. The van der Waals surface area contributed by atoms with Crippen LogP contribution in [0.5, 0.6) is 0 Å². The van der Waals surface area contributed by atoms with Gasteiger partial charge in [0.05, 0.1) is 0 Å². The van der Waals surface area contributed by atoms with E-state index in [1.54, 1.807) is 7.11 Å². The van der Waals surface area contributed by atoms with E-state index in [-0.39, 0.29) is 0 Å². The van der Waals surface area contributed by atoms with Crippen LogP contribution < -0.4 is 5.73 Å². The van der Waals surface area contributed by atoms with Crippen molar-refractivity contribution >= 4 is 0 Å². The van der Waals surface area contributed by atoms with Crippen LogP contribution in [0.1, 0.15) is 19.8 Å². The van der Waals surface area contributed by atoms with Crippen LogP contribution in [0.25, 0.3) is 0 Å². The predicted octanol–water partition coefficient (Wildman–Crippen LogP) is 0.692. The van der Waals surface area contributed by atoms with E-state index < -0.39 is 0 Å². The van der Waals surface area contributed by atoms with E-state index in [2.05, 4.69) is 11.8 Å². The molecule has 78 valence electrons. The highest BCUT2D eigenvalue weighted by Gasteiger charge is 2.17. The summed E-state index contributed by atoms with van der Waals surface area (Å²) in [7, 11) is 1.76. The van der Waals surface area contributed by atoms with Crippen LogP contribution in [0.3, 0.4) is 0 Å². The maximum absolute atomic E-state index is 5.90. The quantitative estimate of drug-likeness (QED) is 0.702. The molecule has 0 unspecified atom stereocenters. The molecule has 1 fully saturated rings. The molecule has 0 aliphatic carbocycles. The van der Waals surface area contributed by atoms with Crippen LogP contribution in [-0.4, -0.2) is 44.3 Å². The molecular weight excluding hydrogens is 164 g/mol. The van der Waals surface area contributed by atoms with Crippen molar-refractivity contribution in [1.29, 1.82) is 0 Å². The fourth-order valence-electron chi connectivity index (χ4n) is 2.04. The van der Waals surface area contributed by atoms with Gasteiger partial charge in [-0.2, -0.15) is 0 Å². The van der Waals surface area contributed by atoms with Crippen molar-refractivity contribution in [3.05, 3.63) is 0 Å². The lowest BCUT2D eigenvalue weighted by molar-refractivity contribution is 0.116. The lowest BCUT2D eigenvalue weighted by atomic mass is 10.0. The van der Waals surface area contributed by atoms with Gasteiger partial charge in [-0.05, 0) is 25.3 Å². The first-order valence-corrected chi connectivity index (χ1v) is 5.19. The van der Waals surface area contributed by atoms with Gasteiger partial charge < -0.3 is 15.4 Å². The highest BCUT2D eigenvalue weighted by atomic mass is 16.5. The van der Waals surface area contributed by atoms with E-state index >= 15 is 0 Å². The molecule has 1 aliphatic rings. The zero-order valence-electron chi connectivity index (χ0n) is 8.83. The number of piperidine rings is 1. The Morgan fingerprint density at radius 2 is 2.38 bits per heavy atom. The molecule has 0 spiro atoms. The Bertz CT molecular complexity index is 141. The molecule has 0 aromatic carbocycles. The van der Waals surface area contributed by atoms with Crippen LogP contribution in [-0.2, 0) is 4.74 Å². The average Bonchev–Trinajstić information content (AvgIpc) is 2.04. The molecule has 0 aromatic rings. The van der Waals surface area contributed by atoms with E-state index in [0.717, 1.165) is 19.7 Å². The maximum Gasteiger partial charge on any atom is 0.0500 e. The molecule has 0 aromatic heterocycles. The lowest BCUT2D eigenvalue weighted by Crippen LogP contribution is -2.44. The highest BCUT2D eigenvalue weighted by molar-refractivity contribution is 4.75. The van der Waals surface area contributed by atoms with Crippen molar-refractivity contribution in [2.75, 3.05) is 33.4 Å². The predicted molar refractivity (Wildman–Crippen MR) is 54.7 cm³/mol. The zero-order chi connectivity index (χ0) is 9.68. The summed E-state index contributed by atoms with van der Waals surface area (Å²) in [4.78, 5) is 2.46. The third kappa shape index (κ3) is 4.07. The third-order valence-corrected chi connectivity index (χ3v) is 2.56. The molecule has 0 saturated carbocycles. The highest BCUT2D eigenvalue weighted by Crippen LogP contribution is 2.10. The Balaban J connectivity index is 2.19. The summed E-state index contributed by atoms with van der Waals surface area (Å²) in [6.07, 6.45) is 2.44. The summed E-state index contributed by atoms with van der Waals surface area (Å²) < 4.78 is 5.11. The van der Waals surface area contributed by atoms with Gasteiger partial charge in [0.25, 0.3) is 0 Å². The summed E-state index contributed by atoms with van der Waals surface area (Å²) in [6, 6.07) is 0.392. The van der Waals surface area contributed by atoms with Crippen molar-refractivity contribution in [3.8, 4) is 0 Å². The molecule has 2 atom stereocenters. The smallest absolute Gasteiger partial charge is 0.0500 e. The van der Waals surface area contributed by atoms with Crippen molar-refractivity contribution < 1.29 is 4.74 Å². The number of nitrogens with two attached hydrogens (primary N) is 1. The number of likely N-dealkylation sites (tertiary alicyclic amines) is 1. The molecule has 13 heavy (non-hydrogen) atoms. The van der Waals surface area contributed by atoms with Gasteiger partial charge in [0.2, 0.25) is 0 Å². The largest absolute Gasteiger partial charge is 0.384 e. The molecule has 3 heteroatoms. The Kier molecular flexibility index (Phi) is 4.70. The van der Waals surface area contributed by atoms with Crippen LogP contribution in [0.15, 0.2) is 0 Å². The monoisotopic (exact) mass is 186 g/mol. The summed E-state index contributed by atoms with van der Waals surface area (Å²) in [5, 5.41) is 0. The number of hydrogen-bond donors (Lipinski definition) is 1. The Morgan fingerprint density at radius 1 is 1.62 bits per heavy atom. The van der Waals surface area contributed by atoms with Gasteiger partial charge in [0.15, 0.2) is 0 Å². The Hall–Kier alpha value is -0.120.